The fraction of sp³-hybridized carbons (Fsp3) is 0.500. The number of carbonyl (C=O) groups is 1. The van der Waals surface area contributed by atoms with E-state index in [4.69, 9.17) is 0 Å². The molecule has 0 aromatic carbocycles. The zero-order chi connectivity index (χ0) is 11.5. The van der Waals surface area contributed by atoms with Gasteiger partial charge in [0.15, 0.2) is 0 Å². The van der Waals surface area contributed by atoms with Gasteiger partial charge in [-0.1, -0.05) is 0 Å². The number of nitrogens with one attached hydrogen (secondary N) is 1. The lowest BCUT2D eigenvalue weighted by molar-refractivity contribution is -0.138. The van der Waals surface area contributed by atoms with E-state index in [1.807, 2.05) is 0 Å². The maximum atomic E-state index is 11.0. The fourth-order valence-corrected chi connectivity index (χ4v) is 1.68. The molecular formula is C10H12BrN3O2. The molecule has 0 saturated heterocycles. The van der Waals surface area contributed by atoms with Crippen LogP contribution in [0, 0.1) is 0 Å². The van der Waals surface area contributed by atoms with Crippen molar-refractivity contribution in [2.24, 2.45) is 0 Å². The smallest absolute Gasteiger partial charge is 0.325 e. The minimum Gasteiger partial charge on any atom is -0.468 e. The quantitative estimate of drug-likeness (QED) is 0.674. The number of carbonyl (C=O) groups excluding carboxylic acids is 1. The summed E-state index contributed by atoms with van der Waals surface area (Å²) in [5, 5.41) is 2.90. The highest BCUT2D eigenvalue weighted by molar-refractivity contribution is 9.10. The van der Waals surface area contributed by atoms with Gasteiger partial charge in [0.05, 0.1) is 7.11 Å². The van der Waals surface area contributed by atoms with Crippen LogP contribution in [-0.2, 0) is 9.53 Å². The van der Waals surface area contributed by atoms with Crippen LogP contribution in [0.15, 0.2) is 10.7 Å². The van der Waals surface area contributed by atoms with Crippen molar-refractivity contribution in [1.82, 2.24) is 9.97 Å². The standard InChI is InChI=1S/C10H12BrN3O2/c1-16-9(15)5-12-8-4-7(11)13-10(14-8)6-2-3-6/h4,6H,2-3,5H2,1H3,(H,12,13,14). The number of halogens is 1. The SMILES string of the molecule is COC(=O)CNc1cc(Br)nc(C2CC2)n1. The third-order valence-electron chi connectivity index (χ3n) is 2.30. The number of rotatable bonds is 4. The molecule has 1 fully saturated rings. The average Bonchev–Trinajstić information content (AvgIpc) is 3.09. The Balaban J connectivity index is 2.05. The van der Waals surface area contributed by atoms with E-state index in [1.54, 1.807) is 6.07 Å². The zero-order valence-corrected chi connectivity index (χ0v) is 10.5. The first-order valence-electron chi connectivity index (χ1n) is 5.04. The lowest BCUT2D eigenvalue weighted by Gasteiger charge is -2.06. The summed E-state index contributed by atoms with van der Waals surface area (Å²) < 4.78 is 5.27. The Morgan fingerprint density at radius 1 is 1.62 bits per heavy atom. The molecule has 1 saturated carbocycles. The summed E-state index contributed by atoms with van der Waals surface area (Å²) in [6.07, 6.45) is 2.29. The Morgan fingerprint density at radius 2 is 2.38 bits per heavy atom. The molecule has 0 atom stereocenters. The van der Waals surface area contributed by atoms with Gasteiger partial charge in [0.1, 0.15) is 22.8 Å². The summed E-state index contributed by atoms with van der Waals surface area (Å²) in [7, 11) is 1.36. The number of anilines is 1. The van der Waals surface area contributed by atoms with Gasteiger partial charge in [0.2, 0.25) is 0 Å². The normalized spacial score (nSPS) is 14.6. The molecule has 86 valence electrons. The van der Waals surface area contributed by atoms with Gasteiger partial charge in [-0.25, -0.2) is 9.97 Å². The predicted molar refractivity (Wildman–Crippen MR) is 62.2 cm³/mol. The second-order valence-corrected chi connectivity index (χ2v) is 4.45. The van der Waals surface area contributed by atoms with Crippen molar-refractivity contribution >= 4 is 27.7 Å². The maximum absolute atomic E-state index is 11.0. The summed E-state index contributed by atoms with van der Waals surface area (Å²) in [5.74, 6) is 1.65. The Morgan fingerprint density at radius 3 is 3.00 bits per heavy atom. The van der Waals surface area contributed by atoms with Gasteiger partial charge in [0.25, 0.3) is 0 Å². The van der Waals surface area contributed by atoms with Crippen LogP contribution >= 0.6 is 15.9 Å². The van der Waals surface area contributed by atoms with Gasteiger partial charge >= 0.3 is 5.97 Å². The lowest BCUT2D eigenvalue weighted by Crippen LogP contribution is -2.16. The van der Waals surface area contributed by atoms with E-state index in [2.05, 4.69) is 36.0 Å². The van der Waals surface area contributed by atoms with Crippen LogP contribution in [-0.4, -0.2) is 29.6 Å². The molecule has 1 aromatic heterocycles. The summed E-state index contributed by atoms with van der Waals surface area (Å²) in [6, 6.07) is 1.74. The summed E-state index contributed by atoms with van der Waals surface area (Å²) in [6.45, 7) is 0.115. The van der Waals surface area contributed by atoms with E-state index in [1.165, 1.54) is 7.11 Å². The number of methoxy groups -OCH3 is 1. The fourth-order valence-electron chi connectivity index (χ4n) is 1.28. The van der Waals surface area contributed by atoms with Gasteiger partial charge in [-0.2, -0.15) is 0 Å². The first kappa shape index (κ1) is 11.3. The molecule has 5 nitrogen and oxygen atoms in total. The molecule has 6 heteroatoms. The highest BCUT2D eigenvalue weighted by Crippen LogP contribution is 2.38. The van der Waals surface area contributed by atoms with E-state index in [-0.39, 0.29) is 12.5 Å². The van der Waals surface area contributed by atoms with Crippen molar-refractivity contribution in [3.63, 3.8) is 0 Å². The highest BCUT2D eigenvalue weighted by atomic mass is 79.9. The number of hydrogen-bond acceptors (Lipinski definition) is 5. The zero-order valence-electron chi connectivity index (χ0n) is 8.86. The van der Waals surface area contributed by atoms with Crippen LogP contribution in [0.25, 0.3) is 0 Å². The average molecular weight is 286 g/mol. The number of esters is 1. The maximum Gasteiger partial charge on any atom is 0.325 e. The van der Waals surface area contributed by atoms with Crippen molar-refractivity contribution in [1.29, 1.82) is 0 Å². The third-order valence-corrected chi connectivity index (χ3v) is 2.70. The Hall–Kier alpha value is -1.17. The summed E-state index contributed by atoms with van der Waals surface area (Å²) in [4.78, 5) is 19.6. The second kappa shape index (κ2) is 4.78. The molecule has 1 aliphatic rings. The molecular weight excluding hydrogens is 274 g/mol. The van der Waals surface area contributed by atoms with Crippen molar-refractivity contribution in [3.05, 3.63) is 16.5 Å². The first-order chi connectivity index (χ1) is 7.69. The van der Waals surface area contributed by atoms with Gasteiger partial charge in [-0.3, -0.25) is 4.79 Å². The second-order valence-electron chi connectivity index (χ2n) is 3.64. The number of ether oxygens (including phenoxy) is 1. The van der Waals surface area contributed by atoms with Crippen molar-refractivity contribution in [2.45, 2.75) is 18.8 Å². The monoisotopic (exact) mass is 285 g/mol. The van der Waals surface area contributed by atoms with Crippen LogP contribution in [0.5, 0.6) is 0 Å². The molecule has 16 heavy (non-hydrogen) atoms. The summed E-state index contributed by atoms with van der Waals surface area (Å²) >= 11 is 3.33. The molecule has 0 aliphatic heterocycles. The van der Waals surface area contributed by atoms with E-state index >= 15 is 0 Å². The summed E-state index contributed by atoms with van der Waals surface area (Å²) in [5.41, 5.74) is 0. The lowest BCUT2D eigenvalue weighted by atomic mass is 10.4. The molecule has 0 bridgehead atoms. The van der Waals surface area contributed by atoms with Crippen molar-refractivity contribution < 1.29 is 9.53 Å². The topological polar surface area (TPSA) is 64.1 Å². The molecule has 0 unspecified atom stereocenters. The molecule has 1 aromatic rings. The molecule has 0 spiro atoms. The molecule has 1 aliphatic carbocycles. The largest absolute Gasteiger partial charge is 0.468 e. The number of aromatic nitrogens is 2. The van der Waals surface area contributed by atoms with E-state index in [0.29, 0.717) is 11.7 Å². The van der Waals surface area contributed by atoms with E-state index in [9.17, 15) is 4.79 Å². The molecule has 1 heterocycles. The Bertz CT molecular complexity index is 407. The van der Waals surface area contributed by atoms with Gasteiger partial charge < -0.3 is 10.1 Å². The Kier molecular flexibility index (Phi) is 3.38. The minimum absolute atomic E-state index is 0.115. The number of hydrogen-bond donors (Lipinski definition) is 1. The van der Waals surface area contributed by atoms with Crippen LogP contribution < -0.4 is 5.32 Å². The van der Waals surface area contributed by atoms with Crippen LogP contribution in [0.2, 0.25) is 0 Å². The van der Waals surface area contributed by atoms with Gasteiger partial charge in [-0.05, 0) is 28.8 Å². The van der Waals surface area contributed by atoms with Crippen LogP contribution in [0.4, 0.5) is 5.82 Å². The van der Waals surface area contributed by atoms with Crippen molar-refractivity contribution in [3.8, 4) is 0 Å². The van der Waals surface area contributed by atoms with Crippen LogP contribution in [0.1, 0.15) is 24.6 Å². The number of nitrogens with zero attached hydrogens (tertiary/aromatic N) is 2. The van der Waals surface area contributed by atoms with Gasteiger partial charge in [-0.15, -0.1) is 0 Å². The van der Waals surface area contributed by atoms with Gasteiger partial charge in [0, 0.05) is 12.0 Å². The molecule has 2 rings (SSSR count). The Labute approximate surface area is 102 Å². The predicted octanol–water partition coefficient (Wildman–Crippen LogP) is 1.70. The highest BCUT2D eigenvalue weighted by Gasteiger charge is 2.27. The van der Waals surface area contributed by atoms with Crippen LogP contribution in [0.3, 0.4) is 0 Å². The van der Waals surface area contributed by atoms with E-state index in [0.717, 1.165) is 23.3 Å². The molecule has 0 radical (unpaired) electrons. The third kappa shape index (κ3) is 2.91. The van der Waals surface area contributed by atoms with E-state index < -0.39 is 0 Å². The molecule has 1 N–H and O–H groups in total. The minimum atomic E-state index is -0.317. The first-order valence-corrected chi connectivity index (χ1v) is 5.83. The molecule has 0 amide bonds. The van der Waals surface area contributed by atoms with Crippen molar-refractivity contribution in [2.75, 3.05) is 19.0 Å².